The first-order valence-corrected chi connectivity index (χ1v) is 9.30. The quantitative estimate of drug-likeness (QED) is 0.480. The van der Waals surface area contributed by atoms with Crippen molar-refractivity contribution in [3.05, 3.63) is 72.1 Å². The summed E-state index contributed by atoms with van der Waals surface area (Å²) < 4.78 is 7.83. The Hall–Kier alpha value is -2.86. The number of hydrogen-bond acceptors (Lipinski definition) is 5. The lowest BCUT2D eigenvalue weighted by Gasteiger charge is -2.03. The standard InChI is InChI=1S/C20H18N4OS/c1-14-17(21-19(25-14)16-11-7-4-8-12-16)13-26-20-23-22-18(24(20)2)15-9-5-3-6-10-15/h3-12H,13H2,1-2H3. The summed E-state index contributed by atoms with van der Waals surface area (Å²) in [6.07, 6.45) is 0. The molecule has 0 radical (unpaired) electrons. The summed E-state index contributed by atoms with van der Waals surface area (Å²) in [6, 6.07) is 20.0. The average molecular weight is 362 g/mol. The molecule has 5 nitrogen and oxygen atoms in total. The average Bonchev–Trinajstić information content (AvgIpc) is 3.24. The van der Waals surface area contributed by atoms with E-state index in [2.05, 4.69) is 15.2 Å². The van der Waals surface area contributed by atoms with E-state index < -0.39 is 0 Å². The molecule has 0 unspecified atom stereocenters. The molecular formula is C20H18N4OS. The molecule has 0 amide bonds. The fourth-order valence-corrected chi connectivity index (χ4v) is 3.59. The maximum atomic E-state index is 5.83. The van der Waals surface area contributed by atoms with E-state index in [0.717, 1.165) is 33.6 Å². The number of benzene rings is 2. The van der Waals surface area contributed by atoms with Crippen LogP contribution in [0.5, 0.6) is 0 Å². The van der Waals surface area contributed by atoms with E-state index in [9.17, 15) is 0 Å². The Morgan fingerprint density at radius 3 is 2.27 bits per heavy atom. The summed E-state index contributed by atoms with van der Waals surface area (Å²) in [5.74, 6) is 3.03. The van der Waals surface area contributed by atoms with Crippen molar-refractivity contribution in [2.75, 3.05) is 0 Å². The lowest BCUT2D eigenvalue weighted by Crippen LogP contribution is -1.95. The zero-order valence-corrected chi connectivity index (χ0v) is 15.4. The van der Waals surface area contributed by atoms with E-state index >= 15 is 0 Å². The molecule has 6 heteroatoms. The van der Waals surface area contributed by atoms with Crippen molar-refractivity contribution in [2.45, 2.75) is 17.8 Å². The van der Waals surface area contributed by atoms with Gasteiger partial charge in [-0.1, -0.05) is 60.3 Å². The number of rotatable bonds is 5. The first-order chi connectivity index (χ1) is 12.7. The summed E-state index contributed by atoms with van der Waals surface area (Å²) in [4.78, 5) is 4.64. The highest BCUT2D eigenvalue weighted by molar-refractivity contribution is 7.98. The van der Waals surface area contributed by atoms with Crippen molar-refractivity contribution in [2.24, 2.45) is 7.05 Å². The first kappa shape index (κ1) is 16.6. The van der Waals surface area contributed by atoms with Gasteiger partial charge in [0.2, 0.25) is 5.89 Å². The molecule has 0 saturated carbocycles. The topological polar surface area (TPSA) is 56.7 Å². The number of aromatic nitrogens is 4. The van der Waals surface area contributed by atoms with Crippen molar-refractivity contribution < 1.29 is 4.42 Å². The summed E-state index contributed by atoms with van der Waals surface area (Å²) in [6.45, 7) is 1.95. The highest BCUT2D eigenvalue weighted by Gasteiger charge is 2.15. The third-order valence-corrected chi connectivity index (χ3v) is 5.15. The second-order valence-electron chi connectivity index (χ2n) is 5.91. The Morgan fingerprint density at radius 1 is 0.923 bits per heavy atom. The van der Waals surface area contributed by atoms with Crippen LogP contribution < -0.4 is 0 Å². The van der Waals surface area contributed by atoms with E-state index in [0.29, 0.717) is 11.6 Å². The van der Waals surface area contributed by atoms with Gasteiger partial charge in [0.05, 0.1) is 5.69 Å². The molecule has 0 N–H and O–H groups in total. The second kappa shape index (κ2) is 7.17. The normalized spacial score (nSPS) is 11.0. The molecule has 0 aliphatic rings. The van der Waals surface area contributed by atoms with E-state index in [1.54, 1.807) is 11.8 Å². The largest absolute Gasteiger partial charge is 0.441 e. The fraction of sp³-hybridized carbons (Fsp3) is 0.150. The van der Waals surface area contributed by atoms with E-state index in [4.69, 9.17) is 4.42 Å². The maximum Gasteiger partial charge on any atom is 0.226 e. The Morgan fingerprint density at radius 2 is 1.58 bits per heavy atom. The van der Waals surface area contributed by atoms with Gasteiger partial charge in [-0.25, -0.2) is 4.98 Å². The molecule has 4 aromatic rings. The van der Waals surface area contributed by atoms with Crippen LogP contribution in [0, 0.1) is 6.92 Å². The zero-order chi connectivity index (χ0) is 17.9. The van der Waals surface area contributed by atoms with Crippen molar-refractivity contribution in [1.29, 1.82) is 0 Å². The van der Waals surface area contributed by atoms with Gasteiger partial charge in [-0.15, -0.1) is 10.2 Å². The smallest absolute Gasteiger partial charge is 0.226 e. The minimum Gasteiger partial charge on any atom is -0.441 e. The molecule has 2 aromatic heterocycles. The highest BCUT2D eigenvalue weighted by atomic mass is 32.2. The molecule has 0 saturated heterocycles. The monoisotopic (exact) mass is 362 g/mol. The van der Waals surface area contributed by atoms with Gasteiger partial charge >= 0.3 is 0 Å². The van der Waals surface area contributed by atoms with Crippen LogP contribution in [0.25, 0.3) is 22.8 Å². The van der Waals surface area contributed by atoms with E-state index in [1.807, 2.05) is 79.2 Å². The zero-order valence-electron chi connectivity index (χ0n) is 14.6. The summed E-state index contributed by atoms with van der Waals surface area (Å²) in [7, 11) is 1.98. The predicted octanol–water partition coefficient (Wildman–Crippen LogP) is 4.74. The van der Waals surface area contributed by atoms with Gasteiger partial charge in [-0.3, -0.25) is 0 Å². The van der Waals surface area contributed by atoms with Crippen LogP contribution in [0.1, 0.15) is 11.5 Å². The van der Waals surface area contributed by atoms with Crippen molar-refractivity contribution in [1.82, 2.24) is 19.7 Å². The van der Waals surface area contributed by atoms with Crippen LogP contribution in [0.4, 0.5) is 0 Å². The number of thioether (sulfide) groups is 1. The molecule has 0 aliphatic heterocycles. The minimum absolute atomic E-state index is 0.654. The molecular weight excluding hydrogens is 344 g/mol. The number of hydrogen-bond donors (Lipinski definition) is 0. The molecule has 0 aliphatic carbocycles. The Bertz CT molecular complexity index is 1010. The van der Waals surface area contributed by atoms with Crippen LogP contribution in [0.3, 0.4) is 0 Å². The highest BCUT2D eigenvalue weighted by Crippen LogP contribution is 2.28. The molecule has 0 bridgehead atoms. The summed E-state index contributed by atoms with van der Waals surface area (Å²) in [5, 5.41) is 9.50. The number of aryl methyl sites for hydroxylation is 1. The lowest BCUT2D eigenvalue weighted by atomic mass is 10.2. The van der Waals surface area contributed by atoms with Gasteiger partial charge < -0.3 is 8.98 Å². The molecule has 130 valence electrons. The fourth-order valence-electron chi connectivity index (χ4n) is 2.68. The molecule has 4 rings (SSSR count). The van der Waals surface area contributed by atoms with Gasteiger partial charge in [-0.2, -0.15) is 0 Å². The predicted molar refractivity (Wildman–Crippen MR) is 103 cm³/mol. The van der Waals surface area contributed by atoms with Crippen LogP contribution in [-0.4, -0.2) is 19.7 Å². The Balaban J connectivity index is 1.52. The molecule has 2 aromatic carbocycles. The third-order valence-electron chi connectivity index (χ3n) is 4.12. The molecule has 0 atom stereocenters. The first-order valence-electron chi connectivity index (χ1n) is 8.31. The number of nitrogens with zero attached hydrogens (tertiary/aromatic N) is 4. The molecule has 0 fully saturated rings. The van der Waals surface area contributed by atoms with Gasteiger partial charge in [-0.05, 0) is 19.1 Å². The second-order valence-corrected chi connectivity index (χ2v) is 6.85. The number of oxazole rings is 1. The molecule has 0 spiro atoms. The van der Waals surface area contributed by atoms with Gasteiger partial charge in [0.15, 0.2) is 11.0 Å². The van der Waals surface area contributed by atoms with Crippen LogP contribution >= 0.6 is 11.8 Å². The Labute approximate surface area is 156 Å². The van der Waals surface area contributed by atoms with Crippen LogP contribution in [0.2, 0.25) is 0 Å². The van der Waals surface area contributed by atoms with Gasteiger partial charge in [0.25, 0.3) is 0 Å². The molecule has 26 heavy (non-hydrogen) atoms. The minimum atomic E-state index is 0.654. The summed E-state index contributed by atoms with van der Waals surface area (Å²) in [5.41, 5.74) is 2.97. The van der Waals surface area contributed by atoms with Crippen LogP contribution in [-0.2, 0) is 12.8 Å². The maximum absolute atomic E-state index is 5.83. The molecule has 2 heterocycles. The van der Waals surface area contributed by atoms with Crippen molar-refractivity contribution >= 4 is 11.8 Å². The lowest BCUT2D eigenvalue weighted by molar-refractivity contribution is 0.540. The Kier molecular flexibility index (Phi) is 4.58. The van der Waals surface area contributed by atoms with Gasteiger partial charge in [0, 0.05) is 23.9 Å². The van der Waals surface area contributed by atoms with Gasteiger partial charge in [0.1, 0.15) is 5.76 Å². The van der Waals surface area contributed by atoms with Crippen molar-refractivity contribution in [3.63, 3.8) is 0 Å². The SMILES string of the molecule is Cc1oc(-c2ccccc2)nc1CSc1nnc(-c2ccccc2)n1C. The van der Waals surface area contributed by atoms with Crippen molar-refractivity contribution in [3.8, 4) is 22.8 Å². The van der Waals surface area contributed by atoms with E-state index in [1.165, 1.54) is 0 Å². The van der Waals surface area contributed by atoms with Crippen LogP contribution in [0.15, 0.2) is 70.2 Å². The third kappa shape index (κ3) is 3.28. The summed E-state index contributed by atoms with van der Waals surface area (Å²) >= 11 is 1.61. The van der Waals surface area contributed by atoms with E-state index in [-0.39, 0.29) is 0 Å².